The zero-order valence-corrected chi connectivity index (χ0v) is 11.2. The second-order valence-corrected chi connectivity index (χ2v) is 4.04. The van der Waals surface area contributed by atoms with E-state index in [2.05, 4.69) is 5.32 Å². The maximum absolute atomic E-state index is 9.95. The maximum atomic E-state index is 9.95. The quantitative estimate of drug-likeness (QED) is 0.658. The second kappa shape index (κ2) is 8.91. The van der Waals surface area contributed by atoms with E-state index in [1.54, 1.807) is 7.11 Å². The van der Waals surface area contributed by atoms with Crippen LogP contribution in [-0.2, 0) is 4.74 Å². The molecule has 4 nitrogen and oxygen atoms in total. The van der Waals surface area contributed by atoms with E-state index < -0.39 is 6.10 Å². The normalized spacial score (nSPS) is 12.4. The van der Waals surface area contributed by atoms with Crippen molar-refractivity contribution in [3.8, 4) is 5.75 Å². The predicted octanol–water partition coefficient (Wildman–Crippen LogP) is 1.74. The molecule has 1 unspecified atom stereocenters. The van der Waals surface area contributed by atoms with Crippen molar-refractivity contribution in [2.45, 2.75) is 19.4 Å². The highest BCUT2D eigenvalue weighted by Crippen LogP contribution is 2.16. The van der Waals surface area contributed by atoms with Gasteiger partial charge in [0.15, 0.2) is 0 Å². The minimum atomic E-state index is -0.483. The average Bonchev–Trinajstić information content (AvgIpc) is 2.42. The summed E-state index contributed by atoms with van der Waals surface area (Å²) in [5, 5.41) is 13.2. The molecule has 0 heterocycles. The molecular weight excluding hydrogens is 230 g/mol. The van der Waals surface area contributed by atoms with Crippen LogP contribution in [-0.4, -0.2) is 38.5 Å². The number of nitrogens with one attached hydrogen (secondary N) is 1. The highest BCUT2D eigenvalue weighted by Gasteiger charge is 2.06. The van der Waals surface area contributed by atoms with E-state index in [9.17, 15) is 5.11 Å². The number of hydrogen-bond acceptors (Lipinski definition) is 4. The zero-order chi connectivity index (χ0) is 13.2. The van der Waals surface area contributed by atoms with E-state index in [0.29, 0.717) is 6.54 Å². The van der Waals surface area contributed by atoms with E-state index in [1.165, 1.54) is 0 Å². The van der Waals surface area contributed by atoms with E-state index in [1.807, 2.05) is 31.2 Å². The fourth-order valence-corrected chi connectivity index (χ4v) is 1.63. The monoisotopic (exact) mass is 253 g/mol. The Hall–Kier alpha value is -1.10. The fraction of sp³-hybridized carbons (Fsp3) is 0.571. The minimum Gasteiger partial charge on any atom is -0.497 e. The third-order valence-electron chi connectivity index (χ3n) is 2.68. The van der Waals surface area contributed by atoms with Crippen LogP contribution in [0.3, 0.4) is 0 Å². The Morgan fingerprint density at radius 1 is 1.28 bits per heavy atom. The molecule has 0 radical (unpaired) electrons. The molecule has 102 valence electrons. The lowest BCUT2D eigenvalue weighted by molar-refractivity contribution is 0.141. The van der Waals surface area contributed by atoms with Gasteiger partial charge in [0.1, 0.15) is 5.75 Å². The van der Waals surface area contributed by atoms with Gasteiger partial charge in [0.2, 0.25) is 0 Å². The third kappa shape index (κ3) is 5.49. The van der Waals surface area contributed by atoms with Gasteiger partial charge in [-0.05, 0) is 37.6 Å². The Bertz CT molecular complexity index is 313. The van der Waals surface area contributed by atoms with Crippen molar-refractivity contribution in [3.63, 3.8) is 0 Å². The first-order valence-electron chi connectivity index (χ1n) is 6.38. The lowest BCUT2D eigenvalue weighted by atomic mass is 10.1. The summed E-state index contributed by atoms with van der Waals surface area (Å²) < 4.78 is 10.3. The second-order valence-electron chi connectivity index (χ2n) is 4.04. The number of rotatable bonds is 9. The van der Waals surface area contributed by atoms with Gasteiger partial charge in [0.25, 0.3) is 0 Å². The number of methoxy groups -OCH3 is 1. The Balaban J connectivity index is 2.21. The Morgan fingerprint density at radius 2 is 2.00 bits per heavy atom. The Labute approximate surface area is 109 Å². The van der Waals surface area contributed by atoms with Gasteiger partial charge < -0.3 is 19.9 Å². The smallest absolute Gasteiger partial charge is 0.118 e. The number of aliphatic hydroxyl groups excluding tert-OH is 1. The summed E-state index contributed by atoms with van der Waals surface area (Å²) in [5.74, 6) is 0.802. The molecule has 0 aliphatic carbocycles. The van der Waals surface area contributed by atoms with Crippen LogP contribution in [0.15, 0.2) is 24.3 Å². The highest BCUT2D eigenvalue weighted by atomic mass is 16.5. The standard InChI is InChI=1S/C14H23NO3/c1-3-18-10-4-9-15-11-14(16)12-5-7-13(17-2)8-6-12/h5-8,14-16H,3-4,9-11H2,1-2H3. The van der Waals surface area contributed by atoms with Gasteiger partial charge in [-0.2, -0.15) is 0 Å². The SMILES string of the molecule is CCOCCCNCC(O)c1ccc(OC)cc1. The van der Waals surface area contributed by atoms with Crippen LogP contribution >= 0.6 is 0 Å². The molecule has 1 aromatic carbocycles. The summed E-state index contributed by atoms with van der Waals surface area (Å²) in [6, 6.07) is 7.47. The molecule has 0 bridgehead atoms. The minimum absolute atomic E-state index is 0.483. The summed E-state index contributed by atoms with van der Waals surface area (Å²) in [4.78, 5) is 0. The Kier molecular flexibility index (Phi) is 7.41. The van der Waals surface area contributed by atoms with Gasteiger partial charge in [-0.3, -0.25) is 0 Å². The van der Waals surface area contributed by atoms with Crippen LogP contribution in [0.25, 0.3) is 0 Å². The van der Waals surface area contributed by atoms with Crippen molar-refractivity contribution in [1.29, 1.82) is 0 Å². The molecule has 0 aliphatic rings. The summed E-state index contributed by atoms with van der Waals surface area (Å²) in [6.45, 7) is 4.92. The molecule has 1 atom stereocenters. The number of aliphatic hydroxyl groups is 1. The van der Waals surface area contributed by atoms with Gasteiger partial charge >= 0.3 is 0 Å². The molecule has 0 saturated heterocycles. The number of hydrogen-bond donors (Lipinski definition) is 2. The van der Waals surface area contributed by atoms with Crippen molar-refractivity contribution < 1.29 is 14.6 Å². The van der Waals surface area contributed by atoms with Gasteiger partial charge in [-0.1, -0.05) is 12.1 Å². The first kappa shape index (κ1) is 15.0. The van der Waals surface area contributed by atoms with Gasteiger partial charge in [0.05, 0.1) is 13.2 Å². The largest absolute Gasteiger partial charge is 0.497 e. The lowest BCUT2D eigenvalue weighted by Crippen LogP contribution is -2.23. The molecule has 0 aliphatic heterocycles. The Morgan fingerprint density at radius 3 is 2.61 bits per heavy atom. The molecule has 0 amide bonds. The number of benzene rings is 1. The molecule has 18 heavy (non-hydrogen) atoms. The van der Waals surface area contributed by atoms with Crippen molar-refractivity contribution in [2.75, 3.05) is 33.4 Å². The fourth-order valence-electron chi connectivity index (χ4n) is 1.63. The van der Waals surface area contributed by atoms with Crippen LogP contribution in [0.1, 0.15) is 25.0 Å². The van der Waals surface area contributed by atoms with Crippen molar-refractivity contribution in [2.24, 2.45) is 0 Å². The van der Waals surface area contributed by atoms with Crippen LogP contribution in [0, 0.1) is 0 Å². The molecular formula is C14H23NO3. The molecule has 0 saturated carbocycles. The molecule has 0 fully saturated rings. The summed E-state index contributed by atoms with van der Waals surface area (Å²) >= 11 is 0. The molecule has 0 aromatic heterocycles. The molecule has 1 aromatic rings. The van der Waals surface area contributed by atoms with E-state index in [-0.39, 0.29) is 0 Å². The van der Waals surface area contributed by atoms with Crippen molar-refractivity contribution in [3.05, 3.63) is 29.8 Å². The maximum Gasteiger partial charge on any atom is 0.118 e. The summed E-state index contributed by atoms with van der Waals surface area (Å²) in [6.07, 6.45) is 0.478. The summed E-state index contributed by atoms with van der Waals surface area (Å²) in [5.41, 5.74) is 0.896. The van der Waals surface area contributed by atoms with Crippen LogP contribution in [0.2, 0.25) is 0 Å². The van der Waals surface area contributed by atoms with Crippen LogP contribution in [0.4, 0.5) is 0 Å². The molecule has 2 N–H and O–H groups in total. The van der Waals surface area contributed by atoms with Crippen LogP contribution in [0.5, 0.6) is 5.75 Å². The van der Waals surface area contributed by atoms with E-state index in [4.69, 9.17) is 9.47 Å². The van der Waals surface area contributed by atoms with Crippen molar-refractivity contribution >= 4 is 0 Å². The predicted molar refractivity (Wildman–Crippen MR) is 71.9 cm³/mol. The van der Waals surface area contributed by atoms with E-state index in [0.717, 1.165) is 37.5 Å². The summed E-state index contributed by atoms with van der Waals surface area (Å²) in [7, 11) is 1.63. The van der Waals surface area contributed by atoms with Gasteiger partial charge in [-0.25, -0.2) is 0 Å². The first-order chi connectivity index (χ1) is 8.77. The van der Waals surface area contributed by atoms with E-state index >= 15 is 0 Å². The average molecular weight is 253 g/mol. The van der Waals surface area contributed by atoms with Crippen LogP contribution < -0.4 is 10.1 Å². The number of ether oxygens (including phenoxy) is 2. The topological polar surface area (TPSA) is 50.7 Å². The van der Waals surface area contributed by atoms with Crippen molar-refractivity contribution in [1.82, 2.24) is 5.32 Å². The highest BCUT2D eigenvalue weighted by molar-refractivity contribution is 5.28. The molecule has 4 heteroatoms. The molecule has 0 spiro atoms. The van der Waals surface area contributed by atoms with Gasteiger partial charge in [0, 0.05) is 19.8 Å². The zero-order valence-electron chi connectivity index (χ0n) is 11.2. The first-order valence-corrected chi connectivity index (χ1v) is 6.38. The molecule has 1 rings (SSSR count). The van der Waals surface area contributed by atoms with Gasteiger partial charge in [-0.15, -0.1) is 0 Å². The third-order valence-corrected chi connectivity index (χ3v) is 2.68. The lowest BCUT2D eigenvalue weighted by Gasteiger charge is -2.12.